The first-order valence-electron chi connectivity index (χ1n) is 3.90. The van der Waals surface area contributed by atoms with Gasteiger partial charge in [-0.2, -0.15) is 11.8 Å². The third-order valence-corrected chi connectivity index (χ3v) is 1.65. The average Bonchev–Trinajstić information content (AvgIpc) is 1.94. The number of thioether (sulfide) groups is 1. The van der Waals surface area contributed by atoms with E-state index in [1.807, 2.05) is 25.6 Å². The summed E-state index contributed by atoms with van der Waals surface area (Å²) in [6.07, 6.45) is 6.31. The fraction of sp³-hybridized carbons (Fsp3) is 1.00. The fourth-order valence-corrected chi connectivity index (χ4v) is 0.989. The van der Waals surface area contributed by atoms with Crippen LogP contribution in [0.15, 0.2) is 0 Å². The molecular formula is C8H20S. The van der Waals surface area contributed by atoms with Gasteiger partial charge in [0.15, 0.2) is 0 Å². The Balaban J connectivity index is 0. The molecule has 0 nitrogen and oxygen atoms in total. The number of unbranched alkanes of at least 4 members (excludes halogenated alkanes) is 2. The van der Waals surface area contributed by atoms with E-state index in [1.54, 1.807) is 0 Å². The van der Waals surface area contributed by atoms with Gasteiger partial charge in [-0.3, -0.25) is 0 Å². The minimum Gasteiger partial charge on any atom is -0.165 e. The van der Waals surface area contributed by atoms with Gasteiger partial charge < -0.3 is 0 Å². The third-order valence-electron chi connectivity index (χ3n) is 0.952. The maximum absolute atomic E-state index is 2.24. The van der Waals surface area contributed by atoms with E-state index in [0.717, 1.165) is 0 Å². The Morgan fingerprint density at radius 2 is 1.67 bits per heavy atom. The molecular weight excluding hydrogens is 128 g/mol. The lowest BCUT2D eigenvalue weighted by Gasteiger charge is -1.90. The average molecular weight is 148 g/mol. The van der Waals surface area contributed by atoms with E-state index in [9.17, 15) is 0 Å². The van der Waals surface area contributed by atoms with Crippen molar-refractivity contribution in [2.24, 2.45) is 0 Å². The zero-order chi connectivity index (χ0) is 7.54. The fourth-order valence-electron chi connectivity index (χ4n) is 0.496. The van der Waals surface area contributed by atoms with Crippen molar-refractivity contribution in [3.8, 4) is 0 Å². The van der Waals surface area contributed by atoms with Gasteiger partial charge in [-0.05, 0) is 18.4 Å². The first-order valence-corrected chi connectivity index (χ1v) is 5.30. The van der Waals surface area contributed by atoms with Crippen molar-refractivity contribution >= 4 is 11.8 Å². The number of rotatable bonds is 4. The maximum atomic E-state index is 2.24. The van der Waals surface area contributed by atoms with Gasteiger partial charge in [0.1, 0.15) is 0 Å². The van der Waals surface area contributed by atoms with Gasteiger partial charge in [-0.1, -0.05) is 33.6 Å². The summed E-state index contributed by atoms with van der Waals surface area (Å²) in [6, 6.07) is 0. The molecule has 0 aliphatic rings. The van der Waals surface area contributed by atoms with Gasteiger partial charge in [0.2, 0.25) is 0 Å². The summed E-state index contributed by atoms with van der Waals surface area (Å²) in [5.41, 5.74) is 0. The van der Waals surface area contributed by atoms with Crippen molar-refractivity contribution in [3.63, 3.8) is 0 Å². The van der Waals surface area contributed by atoms with Gasteiger partial charge >= 0.3 is 0 Å². The summed E-state index contributed by atoms with van der Waals surface area (Å²) in [5, 5.41) is 0. The molecule has 0 fully saturated rings. The zero-order valence-electron chi connectivity index (χ0n) is 7.24. The molecule has 0 rings (SSSR count). The minimum absolute atomic E-state index is 1.34. The molecule has 0 heterocycles. The molecule has 0 bridgehead atoms. The van der Waals surface area contributed by atoms with Crippen molar-refractivity contribution < 1.29 is 0 Å². The Bertz CT molecular complexity index is 23.7. The molecule has 0 atom stereocenters. The molecule has 0 aliphatic heterocycles. The number of hydrogen-bond acceptors (Lipinski definition) is 1. The summed E-state index contributed by atoms with van der Waals surface area (Å²) >= 11 is 1.94. The molecule has 0 aromatic rings. The summed E-state index contributed by atoms with van der Waals surface area (Å²) in [6.45, 7) is 6.24. The second-order valence-electron chi connectivity index (χ2n) is 1.70. The van der Waals surface area contributed by atoms with E-state index < -0.39 is 0 Å². The van der Waals surface area contributed by atoms with Crippen molar-refractivity contribution in [2.45, 2.75) is 40.0 Å². The van der Waals surface area contributed by atoms with Crippen molar-refractivity contribution in [2.75, 3.05) is 12.0 Å². The van der Waals surface area contributed by atoms with Crippen molar-refractivity contribution in [1.29, 1.82) is 0 Å². The molecule has 0 amide bonds. The van der Waals surface area contributed by atoms with Gasteiger partial charge in [-0.15, -0.1) is 0 Å². The first-order chi connectivity index (χ1) is 4.41. The van der Waals surface area contributed by atoms with Crippen LogP contribution in [-0.2, 0) is 0 Å². The Morgan fingerprint density at radius 3 is 2.00 bits per heavy atom. The van der Waals surface area contributed by atoms with Crippen LogP contribution in [0.25, 0.3) is 0 Å². The maximum Gasteiger partial charge on any atom is -0.00703 e. The molecule has 0 aromatic heterocycles. The lowest BCUT2D eigenvalue weighted by atomic mass is 10.3. The van der Waals surface area contributed by atoms with Gasteiger partial charge in [0.05, 0.1) is 0 Å². The third kappa shape index (κ3) is 17.8. The van der Waals surface area contributed by atoms with Crippen LogP contribution in [-0.4, -0.2) is 12.0 Å². The van der Waals surface area contributed by atoms with E-state index in [1.165, 1.54) is 25.0 Å². The normalized spacial score (nSPS) is 8.00. The monoisotopic (exact) mass is 148 g/mol. The second kappa shape index (κ2) is 15.8. The van der Waals surface area contributed by atoms with Crippen molar-refractivity contribution in [1.82, 2.24) is 0 Å². The predicted molar refractivity (Wildman–Crippen MR) is 49.3 cm³/mol. The predicted octanol–water partition coefficient (Wildman–Crippen LogP) is 3.57. The van der Waals surface area contributed by atoms with Crippen LogP contribution in [0.5, 0.6) is 0 Å². The van der Waals surface area contributed by atoms with E-state index in [0.29, 0.717) is 0 Å². The molecule has 1 heteroatoms. The van der Waals surface area contributed by atoms with Gasteiger partial charge in [0.25, 0.3) is 0 Å². The molecule has 0 N–H and O–H groups in total. The zero-order valence-corrected chi connectivity index (χ0v) is 8.05. The van der Waals surface area contributed by atoms with E-state index >= 15 is 0 Å². The standard InChI is InChI=1S/C6H14S.C2H6/c1-3-4-5-6-7-2;1-2/h3-6H2,1-2H3;1-2H3. The Labute approximate surface area is 64.4 Å². The largest absolute Gasteiger partial charge is 0.165 e. The van der Waals surface area contributed by atoms with E-state index in [4.69, 9.17) is 0 Å². The highest BCUT2D eigenvalue weighted by atomic mass is 32.2. The molecule has 58 valence electrons. The SMILES string of the molecule is CC.CCCCCSC. The number of hydrogen-bond donors (Lipinski definition) is 0. The van der Waals surface area contributed by atoms with Gasteiger partial charge in [0, 0.05) is 0 Å². The van der Waals surface area contributed by atoms with Gasteiger partial charge in [-0.25, -0.2) is 0 Å². The minimum atomic E-state index is 1.34. The van der Waals surface area contributed by atoms with Crippen LogP contribution in [0.4, 0.5) is 0 Å². The molecule has 0 saturated carbocycles. The highest BCUT2D eigenvalue weighted by Gasteiger charge is 1.80. The summed E-state index contributed by atoms with van der Waals surface area (Å²) < 4.78 is 0. The van der Waals surface area contributed by atoms with Crippen LogP contribution in [0, 0.1) is 0 Å². The summed E-state index contributed by atoms with van der Waals surface area (Å²) in [7, 11) is 0. The molecule has 0 radical (unpaired) electrons. The van der Waals surface area contributed by atoms with E-state index in [-0.39, 0.29) is 0 Å². The molecule has 9 heavy (non-hydrogen) atoms. The summed E-state index contributed by atoms with van der Waals surface area (Å²) in [4.78, 5) is 0. The molecule has 0 aromatic carbocycles. The van der Waals surface area contributed by atoms with Crippen LogP contribution in [0.1, 0.15) is 40.0 Å². The quantitative estimate of drug-likeness (QED) is 0.549. The molecule has 0 saturated heterocycles. The topological polar surface area (TPSA) is 0 Å². The lowest BCUT2D eigenvalue weighted by molar-refractivity contribution is 0.779. The molecule has 0 aliphatic carbocycles. The van der Waals surface area contributed by atoms with Crippen LogP contribution in [0.2, 0.25) is 0 Å². The Kier molecular flexibility index (Phi) is 21.1. The Morgan fingerprint density at radius 1 is 1.11 bits per heavy atom. The van der Waals surface area contributed by atoms with Crippen LogP contribution in [0.3, 0.4) is 0 Å². The Hall–Kier alpha value is 0.350. The lowest BCUT2D eigenvalue weighted by Crippen LogP contribution is -1.75. The van der Waals surface area contributed by atoms with Crippen LogP contribution < -0.4 is 0 Å². The highest BCUT2D eigenvalue weighted by Crippen LogP contribution is 2.00. The van der Waals surface area contributed by atoms with Crippen LogP contribution >= 0.6 is 11.8 Å². The second-order valence-corrected chi connectivity index (χ2v) is 2.69. The van der Waals surface area contributed by atoms with Crippen molar-refractivity contribution in [3.05, 3.63) is 0 Å². The first kappa shape index (κ1) is 12.1. The summed E-state index contributed by atoms with van der Waals surface area (Å²) in [5.74, 6) is 1.34. The molecule has 0 spiro atoms. The highest BCUT2D eigenvalue weighted by molar-refractivity contribution is 7.98. The smallest absolute Gasteiger partial charge is 0.00703 e. The molecule has 0 unspecified atom stereocenters. The van der Waals surface area contributed by atoms with E-state index in [2.05, 4.69) is 13.2 Å².